The van der Waals surface area contributed by atoms with Gasteiger partial charge >= 0.3 is 0 Å². The molecule has 0 saturated heterocycles. The Labute approximate surface area is 142 Å². The first-order valence-corrected chi connectivity index (χ1v) is 8.50. The van der Waals surface area contributed by atoms with Crippen LogP contribution >= 0.6 is 0 Å². The van der Waals surface area contributed by atoms with Crippen LogP contribution in [0.3, 0.4) is 0 Å². The van der Waals surface area contributed by atoms with E-state index < -0.39 is 0 Å². The molecule has 1 aliphatic rings. The van der Waals surface area contributed by atoms with E-state index in [2.05, 4.69) is 53.9 Å². The molecule has 1 unspecified atom stereocenters. The molecule has 1 heterocycles. The van der Waals surface area contributed by atoms with Crippen molar-refractivity contribution in [3.63, 3.8) is 0 Å². The van der Waals surface area contributed by atoms with Gasteiger partial charge in [-0.05, 0) is 36.3 Å². The van der Waals surface area contributed by atoms with Gasteiger partial charge in [-0.1, -0.05) is 43.3 Å². The van der Waals surface area contributed by atoms with Crippen LogP contribution in [0.4, 0.5) is 5.82 Å². The maximum atomic E-state index is 12.0. The quantitative estimate of drug-likeness (QED) is 0.880. The number of hydrogen-bond acceptors (Lipinski definition) is 4. The van der Waals surface area contributed by atoms with E-state index >= 15 is 0 Å². The van der Waals surface area contributed by atoms with E-state index in [1.54, 1.807) is 13.0 Å². The third-order valence-electron chi connectivity index (χ3n) is 4.78. The van der Waals surface area contributed by atoms with Gasteiger partial charge in [-0.3, -0.25) is 4.79 Å². The molecular formula is C19H25N3O2. The van der Waals surface area contributed by atoms with E-state index in [1.807, 2.05) is 0 Å². The number of carbonyl (C=O) groups is 1. The highest BCUT2D eigenvalue weighted by molar-refractivity contribution is 5.89. The number of nitrogens with zero attached hydrogens (tertiary/aromatic N) is 1. The number of nitrogens with one attached hydrogen (secondary N) is 2. The van der Waals surface area contributed by atoms with E-state index in [9.17, 15) is 4.79 Å². The molecule has 1 aliphatic carbocycles. The maximum absolute atomic E-state index is 12.0. The number of aromatic nitrogens is 1. The highest BCUT2D eigenvalue weighted by Crippen LogP contribution is 2.43. The Morgan fingerprint density at radius 2 is 2.17 bits per heavy atom. The molecule has 5 nitrogen and oxygen atoms in total. The molecule has 1 atom stereocenters. The predicted molar refractivity (Wildman–Crippen MR) is 93.8 cm³/mol. The van der Waals surface area contributed by atoms with Gasteiger partial charge in [0.2, 0.25) is 5.91 Å². The smallest absolute Gasteiger partial charge is 0.226 e. The van der Waals surface area contributed by atoms with E-state index in [-0.39, 0.29) is 17.4 Å². The fourth-order valence-corrected chi connectivity index (χ4v) is 3.41. The van der Waals surface area contributed by atoms with Crippen LogP contribution in [0, 0.1) is 12.3 Å². The summed E-state index contributed by atoms with van der Waals surface area (Å²) in [4.78, 5) is 12.0. The molecule has 5 heteroatoms. The molecule has 24 heavy (non-hydrogen) atoms. The molecule has 0 spiro atoms. The highest BCUT2D eigenvalue weighted by Gasteiger charge is 2.35. The van der Waals surface area contributed by atoms with Crippen LogP contribution in [-0.2, 0) is 11.2 Å². The molecule has 0 aliphatic heterocycles. The summed E-state index contributed by atoms with van der Waals surface area (Å²) in [6, 6.07) is 10.6. The van der Waals surface area contributed by atoms with Crippen LogP contribution in [0.5, 0.6) is 0 Å². The fraction of sp³-hybridized carbons (Fsp3) is 0.474. The normalized spacial score (nSPS) is 18.9. The zero-order valence-corrected chi connectivity index (χ0v) is 14.6. The van der Waals surface area contributed by atoms with Gasteiger partial charge in [0.25, 0.3) is 0 Å². The Morgan fingerprint density at radius 1 is 1.38 bits per heavy atom. The fourth-order valence-electron chi connectivity index (χ4n) is 3.41. The van der Waals surface area contributed by atoms with Crippen LogP contribution in [-0.4, -0.2) is 17.6 Å². The Kier molecular flexibility index (Phi) is 4.71. The number of hydrogen-bond donors (Lipinski definition) is 2. The van der Waals surface area contributed by atoms with Gasteiger partial charge in [0, 0.05) is 25.1 Å². The summed E-state index contributed by atoms with van der Waals surface area (Å²) in [6.07, 6.45) is 2.67. The first-order valence-electron chi connectivity index (χ1n) is 8.50. The minimum absolute atomic E-state index is 0.0577. The van der Waals surface area contributed by atoms with Crippen LogP contribution < -0.4 is 10.6 Å². The van der Waals surface area contributed by atoms with E-state index in [0.29, 0.717) is 24.5 Å². The molecule has 3 rings (SSSR count). The van der Waals surface area contributed by atoms with Gasteiger partial charge in [-0.2, -0.15) is 0 Å². The van der Waals surface area contributed by atoms with Crippen molar-refractivity contribution < 1.29 is 9.32 Å². The second-order valence-electron chi connectivity index (χ2n) is 7.20. The summed E-state index contributed by atoms with van der Waals surface area (Å²) in [5.41, 5.74) is 2.95. The molecule has 0 fully saturated rings. The summed E-state index contributed by atoms with van der Waals surface area (Å²) in [5, 5.41) is 10.1. The maximum Gasteiger partial charge on any atom is 0.226 e. The number of anilines is 1. The zero-order chi connectivity index (χ0) is 17.2. The molecule has 2 N–H and O–H groups in total. The van der Waals surface area contributed by atoms with Gasteiger partial charge < -0.3 is 15.2 Å². The van der Waals surface area contributed by atoms with Gasteiger partial charge in [0.15, 0.2) is 5.82 Å². The van der Waals surface area contributed by atoms with Gasteiger partial charge in [0.1, 0.15) is 5.76 Å². The second kappa shape index (κ2) is 6.77. The lowest BCUT2D eigenvalue weighted by Gasteiger charge is -2.40. The van der Waals surface area contributed by atoms with Gasteiger partial charge in [-0.25, -0.2) is 0 Å². The van der Waals surface area contributed by atoms with Crippen molar-refractivity contribution in [1.82, 2.24) is 10.5 Å². The number of benzene rings is 1. The van der Waals surface area contributed by atoms with Crippen molar-refractivity contribution in [3.05, 3.63) is 47.2 Å². The van der Waals surface area contributed by atoms with Crippen molar-refractivity contribution in [2.24, 2.45) is 5.41 Å². The third kappa shape index (κ3) is 3.67. The number of rotatable bonds is 5. The van der Waals surface area contributed by atoms with Gasteiger partial charge in [0.05, 0.1) is 0 Å². The minimum Gasteiger partial charge on any atom is -0.360 e. The Hall–Kier alpha value is -2.14. The van der Waals surface area contributed by atoms with Crippen LogP contribution in [0.15, 0.2) is 34.9 Å². The van der Waals surface area contributed by atoms with E-state index in [4.69, 9.17) is 4.52 Å². The number of aryl methyl sites for hydroxylation is 2. The largest absolute Gasteiger partial charge is 0.360 e. The predicted octanol–water partition coefficient (Wildman–Crippen LogP) is 3.61. The summed E-state index contributed by atoms with van der Waals surface area (Å²) in [6.45, 7) is 7.01. The van der Waals surface area contributed by atoms with Crippen molar-refractivity contribution in [3.8, 4) is 0 Å². The monoisotopic (exact) mass is 327 g/mol. The average Bonchev–Trinajstić information content (AvgIpc) is 2.94. The molecule has 0 saturated carbocycles. The number of fused-ring (bicyclic) bond motifs is 1. The molecule has 0 bridgehead atoms. The lowest BCUT2D eigenvalue weighted by Crippen LogP contribution is -2.39. The minimum atomic E-state index is -0.0577. The van der Waals surface area contributed by atoms with E-state index in [0.717, 1.165) is 12.8 Å². The van der Waals surface area contributed by atoms with E-state index in [1.165, 1.54) is 11.1 Å². The first kappa shape index (κ1) is 16.7. The Balaban J connectivity index is 1.58. The molecule has 0 radical (unpaired) electrons. The Morgan fingerprint density at radius 3 is 2.92 bits per heavy atom. The van der Waals surface area contributed by atoms with Crippen LogP contribution in [0.25, 0.3) is 0 Å². The lowest BCUT2D eigenvalue weighted by atomic mass is 9.70. The zero-order valence-electron chi connectivity index (χ0n) is 14.6. The van der Waals surface area contributed by atoms with Crippen molar-refractivity contribution in [2.45, 2.75) is 46.1 Å². The highest BCUT2D eigenvalue weighted by atomic mass is 16.5. The van der Waals surface area contributed by atoms with Crippen LogP contribution in [0.1, 0.15) is 49.6 Å². The average molecular weight is 327 g/mol. The molecule has 1 aromatic heterocycles. The van der Waals surface area contributed by atoms with Crippen molar-refractivity contribution in [1.29, 1.82) is 0 Å². The van der Waals surface area contributed by atoms with Crippen molar-refractivity contribution in [2.75, 3.05) is 11.9 Å². The lowest BCUT2D eigenvalue weighted by molar-refractivity contribution is -0.116. The van der Waals surface area contributed by atoms with Gasteiger partial charge in [-0.15, -0.1) is 0 Å². The number of carbonyl (C=O) groups excluding carboxylic acids is 1. The molecule has 1 aromatic carbocycles. The number of amides is 1. The standard InChI is InChI=1S/C19H25N3O2/c1-13-12-16(22-24-13)21-17(23)9-11-20-18-15-7-5-4-6-14(15)8-10-19(18,2)3/h4-7,12,18,20H,8-11H2,1-3H3,(H,21,22,23). The summed E-state index contributed by atoms with van der Waals surface area (Å²) in [7, 11) is 0. The van der Waals surface area contributed by atoms with Crippen molar-refractivity contribution >= 4 is 11.7 Å². The summed E-state index contributed by atoms with van der Waals surface area (Å²) < 4.78 is 4.95. The second-order valence-corrected chi connectivity index (χ2v) is 7.20. The van der Waals surface area contributed by atoms with Crippen LogP contribution in [0.2, 0.25) is 0 Å². The molecule has 2 aromatic rings. The summed E-state index contributed by atoms with van der Waals surface area (Å²) >= 11 is 0. The molecular weight excluding hydrogens is 302 g/mol. The molecule has 1 amide bonds. The SMILES string of the molecule is Cc1cc(NC(=O)CCNC2c3ccccc3CCC2(C)C)no1. The summed E-state index contributed by atoms with van der Waals surface area (Å²) in [5.74, 6) is 1.10. The third-order valence-corrected chi connectivity index (χ3v) is 4.78. The molecule has 128 valence electrons. The topological polar surface area (TPSA) is 67.2 Å². The Bertz CT molecular complexity index is 721. The first-order chi connectivity index (χ1) is 11.5.